The van der Waals surface area contributed by atoms with Gasteiger partial charge in [-0.2, -0.15) is 22.0 Å². The summed E-state index contributed by atoms with van der Waals surface area (Å²) >= 11 is 0. The zero-order valence-electron chi connectivity index (χ0n) is 17.5. The number of piperidine rings is 1. The Kier molecular flexibility index (Phi) is 6.02. The van der Waals surface area contributed by atoms with Crippen molar-refractivity contribution >= 4 is 11.2 Å². The Morgan fingerprint density at radius 1 is 1.22 bits per heavy atom. The summed E-state index contributed by atoms with van der Waals surface area (Å²) < 4.78 is 71.4. The maximum atomic E-state index is 13.1. The molecule has 0 bridgehead atoms. The molecule has 0 radical (unpaired) electrons. The number of aryl methyl sites for hydroxylation is 1. The van der Waals surface area contributed by atoms with Crippen LogP contribution in [0.1, 0.15) is 36.9 Å². The molecule has 3 heterocycles. The highest BCUT2D eigenvalue weighted by Gasteiger charge is 2.32. The Labute approximate surface area is 181 Å². The number of aromatic nitrogens is 4. The molecule has 1 aromatic carbocycles. The van der Waals surface area contributed by atoms with Gasteiger partial charge < -0.3 is 14.2 Å². The number of nitrogens with zero attached hydrogens (tertiary/aromatic N) is 5. The lowest BCUT2D eigenvalue weighted by molar-refractivity contribution is -0.138. The Morgan fingerprint density at radius 3 is 2.69 bits per heavy atom. The molecule has 11 heteroatoms. The molecular formula is C21H22F5N5O. The highest BCUT2D eigenvalue weighted by Crippen LogP contribution is 2.39. The molecular weight excluding hydrogens is 433 g/mol. The summed E-state index contributed by atoms with van der Waals surface area (Å²) in [4.78, 5) is 6.79. The molecule has 0 spiro atoms. The van der Waals surface area contributed by atoms with Crippen molar-refractivity contribution in [3.05, 3.63) is 35.7 Å². The van der Waals surface area contributed by atoms with Crippen LogP contribution in [0.5, 0.6) is 5.75 Å². The first kappa shape index (κ1) is 22.4. The van der Waals surface area contributed by atoms with Gasteiger partial charge in [0.2, 0.25) is 0 Å². The van der Waals surface area contributed by atoms with Crippen LogP contribution in [0.25, 0.3) is 22.4 Å². The second-order valence-corrected chi connectivity index (χ2v) is 7.77. The maximum Gasteiger partial charge on any atom is 0.416 e. The van der Waals surface area contributed by atoms with Crippen LogP contribution in [0.3, 0.4) is 0 Å². The van der Waals surface area contributed by atoms with Gasteiger partial charge in [-0.25, -0.2) is 4.98 Å². The SMILES string of the molecule is CCN1CCC[C@@H](n2cnc3c(C)c(-c4ccc(C(F)(F)F)cc4OC(F)F)nnc32)C1. The van der Waals surface area contributed by atoms with E-state index in [4.69, 9.17) is 0 Å². The molecule has 3 aromatic rings. The molecule has 32 heavy (non-hydrogen) atoms. The number of halogens is 5. The third-order valence-corrected chi connectivity index (χ3v) is 5.82. The fraction of sp³-hybridized carbons (Fsp3) is 0.476. The monoisotopic (exact) mass is 455 g/mol. The fourth-order valence-electron chi connectivity index (χ4n) is 4.16. The first-order chi connectivity index (χ1) is 15.2. The Bertz CT molecular complexity index is 1110. The zero-order valence-corrected chi connectivity index (χ0v) is 17.5. The Hall–Kier alpha value is -2.82. The van der Waals surface area contributed by atoms with Gasteiger partial charge in [-0.15, -0.1) is 10.2 Å². The highest BCUT2D eigenvalue weighted by atomic mass is 19.4. The molecule has 6 nitrogen and oxygen atoms in total. The van der Waals surface area contributed by atoms with Crippen molar-refractivity contribution in [3.63, 3.8) is 0 Å². The summed E-state index contributed by atoms with van der Waals surface area (Å²) in [5.74, 6) is -0.614. The van der Waals surface area contributed by atoms with E-state index in [-0.39, 0.29) is 17.3 Å². The van der Waals surface area contributed by atoms with E-state index in [9.17, 15) is 22.0 Å². The summed E-state index contributed by atoms with van der Waals surface area (Å²) in [5.41, 5.74) is 0.644. The van der Waals surface area contributed by atoms with Gasteiger partial charge in [0.25, 0.3) is 0 Å². The van der Waals surface area contributed by atoms with Gasteiger partial charge in [-0.1, -0.05) is 6.92 Å². The minimum absolute atomic E-state index is 0.00502. The predicted octanol–water partition coefficient (Wildman–Crippen LogP) is 5.08. The van der Waals surface area contributed by atoms with Crippen LogP contribution >= 0.6 is 0 Å². The number of fused-ring (bicyclic) bond motifs is 1. The largest absolute Gasteiger partial charge is 0.434 e. The summed E-state index contributed by atoms with van der Waals surface area (Å²) in [7, 11) is 0. The second kappa shape index (κ2) is 8.61. The molecule has 1 atom stereocenters. The van der Waals surface area contributed by atoms with E-state index in [1.807, 2.05) is 4.57 Å². The van der Waals surface area contributed by atoms with E-state index in [1.54, 1.807) is 13.3 Å². The van der Waals surface area contributed by atoms with Crippen LogP contribution in [0, 0.1) is 6.92 Å². The Balaban J connectivity index is 1.77. The lowest BCUT2D eigenvalue weighted by atomic mass is 10.0. The molecule has 0 saturated carbocycles. The van der Waals surface area contributed by atoms with Gasteiger partial charge >= 0.3 is 12.8 Å². The van der Waals surface area contributed by atoms with Gasteiger partial charge in [0.05, 0.1) is 11.9 Å². The molecule has 2 aromatic heterocycles. The van der Waals surface area contributed by atoms with Gasteiger partial charge in [0, 0.05) is 23.7 Å². The third kappa shape index (κ3) is 4.25. The quantitative estimate of drug-likeness (QED) is 0.503. The molecule has 1 saturated heterocycles. The molecule has 0 aliphatic carbocycles. The summed E-state index contributed by atoms with van der Waals surface area (Å²) in [6.07, 6.45) is -1.00. The van der Waals surface area contributed by atoms with Crippen molar-refractivity contribution in [2.24, 2.45) is 0 Å². The van der Waals surface area contributed by atoms with E-state index >= 15 is 0 Å². The average molecular weight is 455 g/mol. The number of alkyl halides is 5. The zero-order chi connectivity index (χ0) is 23.0. The third-order valence-electron chi connectivity index (χ3n) is 5.82. The maximum absolute atomic E-state index is 13.1. The number of imidazole rings is 1. The topological polar surface area (TPSA) is 56.1 Å². The van der Waals surface area contributed by atoms with E-state index in [2.05, 4.69) is 31.7 Å². The summed E-state index contributed by atoms with van der Waals surface area (Å²) in [5, 5.41) is 8.44. The number of ether oxygens (including phenoxy) is 1. The number of likely N-dealkylation sites (N-methyl/N-ethyl adjacent to an activating group) is 1. The van der Waals surface area contributed by atoms with Crippen LogP contribution in [-0.2, 0) is 6.18 Å². The number of likely N-dealkylation sites (tertiary alicyclic amines) is 1. The minimum Gasteiger partial charge on any atom is -0.434 e. The van der Waals surface area contributed by atoms with E-state index in [1.165, 1.54) is 0 Å². The first-order valence-corrected chi connectivity index (χ1v) is 10.3. The molecule has 0 unspecified atom stereocenters. The normalized spacial score (nSPS) is 17.9. The van der Waals surface area contributed by atoms with Crippen molar-refractivity contribution in [2.75, 3.05) is 19.6 Å². The number of benzene rings is 1. The van der Waals surface area contributed by atoms with E-state index < -0.39 is 24.1 Å². The van der Waals surface area contributed by atoms with Crippen LogP contribution < -0.4 is 4.74 Å². The summed E-state index contributed by atoms with van der Waals surface area (Å²) in [6.45, 7) is 3.34. The molecule has 4 rings (SSSR count). The number of hydrogen-bond acceptors (Lipinski definition) is 5. The molecule has 1 aliphatic rings. The lowest BCUT2D eigenvalue weighted by Gasteiger charge is -2.32. The van der Waals surface area contributed by atoms with Crippen molar-refractivity contribution in [1.82, 2.24) is 24.6 Å². The van der Waals surface area contributed by atoms with Crippen LogP contribution in [0.15, 0.2) is 24.5 Å². The van der Waals surface area contributed by atoms with Crippen molar-refractivity contribution < 1.29 is 26.7 Å². The highest BCUT2D eigenvalue weighted by molar-refractivity contribution is 5.83. The first-order valence-electron chi connectivity index (χ1n) is 10.3. The van der Waals surface area contributed by atoms with Gasteiger partial charge in [0.1, 0.15) is 17.0 Å². The molecule has 172 valence electrons. The van der Waals surface area contributed by atoms with Crippen molar-refractivity contribution in [1.29, 1.82) is 0 Å². The second-order valence-electron chi connectivity index (χ2n) is 7.77. The van der Waals surface area contributed by atoms with Crippen molar-refractivity contribution in [2.45, 2.75) is 45.5 Å². The van der Waals surface area contributed by atoms with Crippen LogP contribution in [0.4, 0.5) is 22.0 Å². The minimum atomic E-state index is -4.70. The standard InChI is InChI=1S/C21H22F5N5O/c1-3-30-8-4-5-14(10-30)31-11-27-18-12(2)17(28-29-19(18)31)15-7-6-13(21(24,25)26)9-16(15)32-20(22)23/h6-7,9,11,14,20H,3-5,8,10H2,1-2H3/t14-/m1/s1. The van der Waals surface area contributed by atoms with Crippen LogP contribution in [-0.4, -0.2) is 50.9 Å². The predicted molar refractivity (Wildman–Crippen MR) is 108 cm³/mol. The number of rotatable bonds is 5. The molecule has 1 aliphatic heterocycles. The van der Waals surface area contributed by atoms with E-state index in [0.29, 0.717) is 22.8 Å². The fourth-order valence-corrected chi connectivity index (χ4v) is 4.16. The Morgan fingerprint density at radius 2 is 2.00 bits per heavy atom. The van der Waals surface area contributed by atoms with Gasteiger partial charge in [-0.3, -0.25) is 0 Å². The average Bonchev–Trinajstić information content (AvgIpc) is 3.18. The lowest BCUT2D eigenvalue weighted by Crippen LogP contribution is -2.36. The molecule has 0 amide bonds. The van der Waals surface area contributed by atoms with Gasteiger partial charge in [0.15, 0.2) is 5.65 Å². The molecule has 1 fully saturated rings. The van der Waals surface area contributed by atoms with Crippen LogP contribution in [0.2, 0.25) is 0 Å². The summed E-state index contributed by atoms with van der Waals surface area (Å²) in [6, 6.07) is 2.60. The smallest absolute Gasteiger partial charge is 0.416 e. The van der Waals surface area contributed by atoms with Gasteiger partial charge in [-0.05, 0) is 51.1 Å². The molecule has 0 N–H and O–H groups in total. The number of hydrogen-bond donors (Lipinski definition) is 0. The van der Waals surface area contributed by atoms with E-state index in [0.717, 1.165) is 44.6 Å². The van der Waals surface area contributed by atoms with Crippen molar-refractivity contribution in [3.8, 4) is 17.0 Å².